The molecule has 1 unspecified atom stereocenters. The van der Waals surface area contributed by atoms with Gasteiger partial charge in [-0.2, -0.15) is 11.8 Å². The molecular weight excluding hydrogens is 280 g/mol. The number of para-hydroxylation sites is 2. The van der Waals surface area contributed by atoms with Crippen molar-refractivity contribution < 1.29 is 4.74 Å². The van der Waals surface area contributed by atoms with Crippen LogP contribution in [0, 0.1) is 0 Å². The van der Waals surface area contributed by atoms with Crippen LogP contribution in [0.4, 0.5) is 11.4 Å². The molecule has 0 amide bonds. The van der Waals surface area contributed by atoms with Gasteiger partial charge in [-0.3, -0.25) is 0 Å². The van der Waals surface area contributed by atoms with Crippen LogP contribution in [0.15, 0.2) is 24.3 Å². The van der Waals surface area contributed by atoms with Gasteiger partial charge in [0.2, 0.25) is 0 Å². The highest BCUT2D eigenvalue weighted by Gasteiger charge is 2.38. The van der Waals surface area contributed by atoms with Crippen LogP contribution in [-0.2, 0) is 4.74 Å². The molecule has 2 heterocycles. The van der Waals surface area contributed by atoms with E-state index in [1.165, 1.54) is 35.7 Å². The number of thioether (sulfide) groups is 1. The Bertz CT molecular complexity index is 466. The minimum atomic E-state index is 0.147. The van der Waals surface area contributed by atoms with Gasteiger partial charge in [0.15, 0.2) is 0 Å². The molecule has 1 aromatic rings. The first-order valence-electron chi connectivity index (χ1n) is 7.93. The Morgan fingerprint density at radius 2 is 2.00 bits per heavy atom. The molecule has 1 spiro atoms. The van der Waals surface area contributed by atoms with Crippen molar-refractivity contribution in [2.75, 3.05) is 42.4 Å². The van der Waals surface area contributed by atoms with Crippen LogP contribution in [0.1, 0.15) is 25.7 Å². The first-order valence-corrected chi connectivity index (χ1v) is 9.09. The SMILES string of the molecule is CN(C)c1ccccc1NC1CCOC2(CCSCC2)C1. The van der Waals surface area contributed by atoms with E-state index < -0.39 is 0 Å². The van der Waals surface area contributed by atoms with Crippen molar-refractivity contribution >= 4 is 23.1 Å². The summed E-state index contributed by atoms with van der Waals surface area (Å²) in [5.41, 5.74) is 2.65. The zero-order chi connectivity index (χ0) is 14.7. The smallest absolute Gasteiger partial charge is 0.0717 e. The lowest BCUT2D eigenvalue weighted by atomic mass is 9.85. The van der Waals surface area contributed by atoms with Crippen LogP contribution in [0.3, 0.4) is 0 Å². The van der Waals surface area contributed by atoms with Gasteiger partial charge in [-0.1, -0.05) is 12.1 Å². The van der Waals surface area contributed by atoms with Gasteiger partial charge in [0, 0.05) is 26.7 Å². The lowest BCUT2D eigenvalue weighted by Crippen LogP contribution is -2.46. The molecule has 3 rings (SSSR count). The molecule has 116 valence electrons. The lowest BCUT2D eigenvalue weighted by Gasteiger charge is -2.43. The first kappa shape index (κ1) is 15.0. The van der Waals surface area contributed by atoms with Gasteiger partial charge in [0.25, 0.3) is 0 Å². The Balaban J connectivity index is 1.70. The number of hydrogen-bond acceptors (Lipinski definition) is 4. The van der Waals surface area contributed by atoms with E-state index in [-0.39, 0.29) is 5.60 Å². The average Bonchev–Trinajstić information content (AvgIpc) is 2.48. The molecule has 1 N–H and O–H groups in total. The molecule has 2 aliphatic rings. The van der Waals surface area contributed by atoms with Crippen LogP contribution < -0.4 is 10.2 Å². The fourth-order valence-corrected chi connectivity index (χ4v) is 4.69. The molecule has 1 atom stereocenters. The van der Waals surface area contributed by atoms with Gasteiger partial charge >= 0.3 is 0 Å². The van der Waals surface area contributed by atoms with E-state index in [2.05, 4.69) is 60.3 Å². The average molecular weight is 306 g/mol. The summed E-state index contributed by atoms with van der Waals surface area (Å²) in [6.07, 6.45) is 4.68. The van der Waals surface area contributed by atoms with Gasteiger partial charge in [-0.25, -0.2) is 0 Å². The van der Waals surface area contributed by atoms with Crippen LogP contribution in [-0.4, -0.2) is 43.9 Å². The first-order chi connectivity index (χ1) is 10.2. The maximum Gasteiger partial charge on any atom is 0.0717 e. The lowest BCUT2D eigenvalue weighted by molar-refractivity contribution is -0.0865. The summed E-state index contributed by atoms with van der Waals surface area (Å²) < 4.78 is 6.19. The summed E-state index contributed by atoms with van der Waals surface area (Å²) in [6, 6.07) is 9.11. The molecule has 0 bridgehead atoms. The molecule has 3 nitrogen and oxygen atoms in total. The predicted octanol–water partition coefficient (Wildman–Crippen LogP) is 3.61. The number of nitrogens with one attached hydrogen (secondary N) is 1. The van der Waals surface area contributed by atoms with Crippen LogP contribution in [0.25, 0.3) is 0 Å². The Kier molecular flexibility index (Phi) is 4.65. The van der Waals surface area contributed by atoms with Crippen molar-refractivity contribution in [2.45, 2.75) is 37.3 Å². The highest BCUT2D eigenvalue weighted by molar-refractivity contribution is 7.99. The summed E-state index contributed by atoms with van der Waals surface area (Å²) in [5.74, 6) is 2.50. The highest BCUT2D eigenvalue weighted by Crippen LogP contribution is 2.38. The Morgan fingerprint density at radius 3 is 2.76 bits per heavy atom. The fourth-order valence-electron chi connectivity index (χ4n) is 3.45. The van der Waals surface area contributed by atoms with Crippen molar-refractivity contribution in [3.05, 3.63) is 24.3 Å². The minimum Gasteiger partial charge on any atom is -0.380 e. The number of nitrogens with zero attached hydrogens (tertiary/aromatic N) is 1. The molecule has 2 saturated heterocycles. The number of rotatable bonds is 3. The van der Waals surface area contributed by atoms with E-state index in [4.69, 9.17) is 4.74 Å². The second-order valence-corrected chi connectivity index (χ2v) is 7.61. The Morgan fingerprint density at radius 1 is 1.24 bits per heavy atom. The minimum absolute atomic E-state index is 0.147. The summed E-state index contributed by atoms with van der Waals surface area (Å²) in [4.78, 5) is 2.18. The highest BCUT2D eigenvalue weighted by atomic mass is 32.2. The molecular formula is C17H26N2OS. The molecule has 0 saturated carbocycles. The molecule has 0 radical (unpaired) electrons. The summed E-state index contributed by atoms with van der Waals surface area (Å²) >= 11 is 2.07. The van der Waals surface area contributed by atoms with Gasteiger partial charge in [-0.05, 0) is 49.3 Å². The van der Waals surface area contributed by atoms with E-state index in [9.17, 15) is 0 Å². The molecule has 21 heavy (non-hydrogen) atoms. The van der Waals surface area contributed by atoms with Crippen molar-refractivity contribution in [3.8, 4) is 0 Å². The van der Waals surface area contributed by atoms with E-state index in [0.29, 0.717) is 6.04 Å². The normalized spacial score (nSPS) is 24.8. The second kappa shape index (κ2) is 6.49. The molecule has 4 heteroatoms. The number of benzene rings is 1. The number of hydrogen-bond donors (Lipinski definition) is 1. The van der Waals surface area contributed by atoms with Gasteiger partial charge < -0.3 is 15.0 Å². The standard InChI is InChI=1S/C17H26N2OS/c1-19(2)16-6-4-3-5-15(16)18-14-7-10-20-17(13-14)8-11-21-12-9-17/h3-6,14,18H,7-13H2,1-2H3. The van der Waals surface area contributed by atoms with Gasteiger partial charge in [0.1, 0.15) is 0 Å². The van der Waals surface area contributed by atoms with Gasteiger partial charge in [-0.15, -0.1) is 0 Å². The maximum atomic E-state index is 6.19. The molecule has 0 aromatic heterocycles. The monoisotopic (exact) mass is 306 g/mol. The Hall–Kier alpha value is -0.870. The quantitative estimate of drug-likeness (QED) is 0.922. The molecule has 2 aliphatic heterocycles. The van der Waals surface area contributed by atoms with Crippen molar-refractivity contribution in [1.82, 2.24) is 0 Å². The van der Waals surface area contributed by atoms with Crippen molar-refractivity contribution in [2.24, 2.45) is 0 Å². The van der Waals surface area contributed by atoms with Crippen LogP contribution in [0.5, 0.6) is 0 Å². The third-order valence-electron chi connectivity index (χ3n) is 4.64. The zero-order valence-corrected chi connectivity index (χ0v) is 13.9. The molecule has 1 aromatic carbocycles. The molecule has 2 fully saturated rings. The summed E-state index contributed by atoms with van der Waals surface area (Å²) in [5, 5.41) is 3.77. The number of ether oxygens (including phenoxy) is 1. The molecule has 0 aliphatic carbocycles. The topological polar surface area (TPSA) is 24.5 Å². The maximum absolute atomic E-state index is 6.19. The third-order valence-corrected chi connectivity index (χ3v) is 5.63. The van der Waals surface area contributed by atoms with Crippen molar-refractivity contribution in [3.63, 3.8) is 0 Å². The van der Waals surface area contributed by atoms with Crippen molar-refractivity contribution in [1.29, 1.82) is 0 Å². The summed E-state index contributed by atoms with van der Waals surface area (Å²) in [6.45, 7) is 0.895. The van der Waals surface area contributed by atoms with Gasteiger partial charge in [0.05, 0.1) is 17.0 Å². The van der Waals surface area contributed by atoms with E-state index in [0.717, 1.165) is 19.4 Å². The van der Waals surface area contributed by atoms with E-state index >= 15 is 0 Å². The predicted molar refractivity (Wildman–Crippen MR) is 92.7 cm³/mol. The third kappa shape index (κ3) is 3.49. The van der Waals surface area contributed by atoms with Crippen LogP contribution >= 0.6 is 11.8 Å². The van der Waals surface area contributed by atoms with E-state index in [1.54, 1.807) is 0 Å². The Labute approximate surface area is 132 Å². The summed E-state index contributed by atoms with van der Waals surface area (Å²) in [7, 11) is 4.20. The largest absolute Gasteiger partial charge is 0.380 e. The van der Waals surface area contributed by atoms with E-state index in [1.807, 2.05) is 0 Å². The fraction of sp³-hybridized carbons (Fsp3) is 0.647. The zero-order valence-electron chi connectivity index (χ0n) is 13.1. The second-order valence-electron chi connectivity index (χ2n) is 6.39. The van der Waals surface area contributed by atoms with Crippen LogP contribution in [0.2, 0.25) is 0 Å². The number of anilines is 2.